The molecule has 0 fully saturated rings. The van der Waals surface area contributed by atoms with Gasteiger partial charge >= 0.3 is 5.97 Å². The Morgan fingerprint density at radius 2 is 2.04 bits per heavy atom. The van der Waals surface area contributed by atoms with Crippen molar-refractivity contribution >= 4 is 35.2 Å². The second-order valence-corrected chi connectivity index (χ2v) is 5.30. The zero-order valence-corrected chi connectivity index (χ0v) is 13.2. The lowest BCUT2D eigenvalue weighted by Gasteiger charge is -2.04. The number of nitro groups is 1. The van der Waals surface area contributed by atoms with E-state index in [4.69, 9.17) is 26.2 Å². The van der Waals surface area contributed by atoms with Gasteiger partial charge in [0.15, 0.2) is 11.5 Å². The number of anilines is 1. The molecule has 0 saturated carbocycles. The molecule has 2 aromatic rings. The molecule has 0 unspecified atom stereocenters. The summed E-state index contributed by atoms with van der Waals surface area (Å²) in [5.74, 6) is -0.503. The van der Waals surface area contributed by atoms with Gasteiger partial charge in [-0.05, 0) is 24.3 Å². The number of benzene rings is 2. The van der Waals surface area contributed by atoms with Crippen molar-refractivity contribution in [1.82, 2.24) is 0 Å². The van der Waals surface area contributed by atoms with E-state index in [2.05, 4.69) is 10.5 Å². The molecule has 2 aromatic carbocycles. The van der Waals surface area contributed by atoms with Gasteiger partial charge in [0, 0.05) is 0 Å². The molecule has 0 spiro atoms. The number of aromatic carboxylic acids is 1. The van der Waals surface area contributed by atoms with Crippen molar-refractivity contribution in [3.63, 3.8) is 0 Å². The van der Waals surface area contributed by atoms with Crippen molar-refractivity contribution in [2.75, 3.05) is 12.2 Å². The Labute approximate surface area is 145 Å². The first-order chi connectivity index (χ1) is 12.0. The molecule has 0 amide bonds. The standard InChI is InChI=1S/C15H10ClN3O6/c16-11-2-1-9(4-10(11)15(20)21)18-17-6-8-3-13-14(25-7-24-13)5-12(8)19(22)23/h1-6,18H,7H2,(H,20,21)/b17-6+. The maximum absolute atomic E-state index is 11.2. The molecule has 0 atom stereocenters. The molecule has 0 bridgehead atoms. The molecule has 1 heterocycles. The highest BCUT2D eigenvalue weighted by atomic mass is 35.5. The molecule has 0 saturated heterocycles. The second kappa shape index (κ2) is 6.65. The predicted octanol–water partition coefficient (Wildman–Crippen LogP) is 3.12. The molecule has 0 aliphatic carbocycles. The number of hydrogen-bond donors (Lipinski definition) is 2. The smallest absolute Gasteiger partial charge is 0.337 e. The summed E-state index contributed by atoms with van der Waals surface area (Å²) in [5.41, 5.74) is 2.88. The van der Waals surface area contributed by atoms with Crippen molar-refractivity contribution in [2.24, 2.45) is 5.10 Å². The number of halogens is 1. The highest BCUT2D eigenvalue weighted by Crippen LogP contribution is 2.37. The quantitative estimate of drug-likeness (QED) is 0.475. The highest BCUT2D eigenvalue weighted by molar-refractivity contribution is 6.33. The number of nitro benzene ring substituents is 1. The fourth-order valence-electron chi connectivity index (χ4n) is 2.14. The Bertz CT molecular complexity index is 899. The van der Waals surface area contributed by atoms with Gasteiger partial charge in [-0.15, -0.1) is 0 Å². The maximum atomic E-state index is 11.2. The fourth-order valence-corrected chi connectivity index (χ4v) is 2.34. The van der Waals surface area contributed by atoms with Crippen LogP contribution in [0.4, 0.5) is 11.4 Å². The van der Waals surface area contributed by atoms with Crippen molar-refractivity contribution in [3.8, 4) is 11.5 Å². The van der Waals surface area contributed by atoms with Gasteiger partial charge in [-0.1, -0.05) is 11.6 Å². The van der Waals surface area contributed by atoms with E-state index in [-0.39, 0.29) is 28.6 Å². The average Bonchev–Trinajstić information content (AvgIpc) is 3.02. The Kier molecular flexibility index (Phi) is 4.40. The zero-order valence-electron chi connectivity index (χ0n) is 12.4. The Hall–Kier alpha value is -3.33. The van der Waals surface area contributed by atoms with E-state index in [9.17, 15) is 14.9 Å². The summed E-state index contributed by atoms with van der Waals surface area (Å²) in [6, 6.07) is 6.94. The van der Waals surface area contributed by atoms with Gasteiger partial charge in [0.1, 0.15) is 0 Å². The number of hydrogen-bond acceptors (Lipinski definition) is 7. The van der Waals surface area contributed by atoms with Crippen LogP contribution in [0.1, 0.15) is 15.9 Å². The van der Waals surface area contributed by atoms with E-state index in [1.165, 1.54) is 36.5 Å². The van der Waals surface area contributed by atoms with Gasteiger partial charge in [0.05, 0.1) is 39.0 Å². The van der Waals surface area contributed by atoms with Crippen LogP contribution in [-0.4, -0.2) is 29.0 Å². The van der Waals surface area contributed by atoms with Crippen LogP contribution in [0.15, 0.2) is 35.4 Å². The van der Waals surface area contributed by atoms with Gasteiger partial charge in [-0.2, -0.15) is 5.10 Å². The molecule has 128 valence electrons. The average molecular weight is 364 g/mol. The number of nitrogens with one attached hydrogen (secondary N) is 1. The lowest BCUT2D eigenvalue weighted by Crippen LogP contribution is -2.00. The van der Waals surface area contributed by atoms with E-state index in [1.54, 1.807) is 0 Å². The minimum Gasteiger partial charge on any atom is -0.478 e. The predicted molar refractivity (Wildman–Crippen MR) is 88.8 cm³/mol. The zero-order chi connectivity index (χ0) is 18.0. The number of fused-ring (bicyclic) bond motifs is 1. The molecule has 2 N–H and O–H groups in total. The summed E-state index contributed by atoms with van der Waals surface area (Å²) in [4.78, 5) is 21.6. The summed E-state index contributed by atoms with van der Waals surface area (Å²) in [7, 11) is 0. The Morgan fingerprint density at radius 1 is 1.32 bits per heavy atom. The van der Waals surface area contributed by atoms with Crippen LogP contribution in [0.25, 0.3) is 0 Å². The lowest BCUT2D eigenvalue weighted by atomic mass is 10.1. The molecular formula is C15H10ClN3O6. The summed E-state index contributed by atoms with van der Waals surface area (Å²) >= 11 is 5.78. The van der Waals surface area contributed by atoms with E-state index in [0.29, 0.717) is 17.2 Å². The number of nitrogens with zero attached hydrogens (tertiary/aromatic N) is 2. The van der Waals surface area contributed by atoms with Crippen LogP contribution in [0, 0.1) is 10.1 Å². The normalized spacial score (nSPS) is 12.4. The first-order valence-electron chi connectivity index (χ1n) is 6.85. The van der Waals surface area contributed by atoms with Gasteiger partial charge in [-0.25, -0.2) is 4.79 Å². The number of rotatable bonds is 5. The second-order valence-electron chi connectivity index (χ2n) is 4.89. The van der Waals surface area contributed by atoms with Gasteiger partial charge in [0.25, 0.3) is 5.69 Å². The third-order valence-electron chi connectivity index (χ3n) is 3.31. The first-order valence-corrected chi connectivity index (χ1v) is 7.23. The number of ether oxygens (including phenoxy) is 2. The summed E-state index contributed by atoms with van der Waals surface area (Å²) in [6.07, 6.45) is 1.23. The topological polar surface area (TPSA) is 123 Å². The number of carboxylic acids is 1. The first kappa shape index (κ1) is 16.5. The van der Waals surface area contributed by atoms with Crippen molar-refractivity contribution < 1.29 is 24.3 Å². The highest BCUT2D eigenvalue weighted by Gasteiger charge is 2.22. The third-order valence-corrected chi connectivity index (χ3v) is 3.64. The van der Waals surface area contributed by atoms with Gasteiger partial charge in [0.2, 0.25) is 6.79 Å². The molecule has 1 aliphatic rings. The molecule has 1 aliphatic heterocycles. The van der Waals surface area contributed by atoms with Crippen LogP contribution in [0.3, 0.4) is 0 Å². The van der Waals surface area contributed by atoms with E-state index < -0.39 is 10.9 Å². The van der Waals surface area contributed by atoms with E-state index >= 15 is 0 Å². The van der Waals surface area contributed by atoms with Crippen LogP contribution < -0.4 is 14.9 Å². The third kappa shape index (κ3) is 3.45. The molecule has 3 rings (SSSR count). The fraction of sp³-hybridized carbons (Fsp3) is 0.0667. The summed E-state index contributed by atoms with van der Waals surface area (Å²) in [5, 5.41) is 24.2. The molecule has 0 aromatic heterocycles. The van der Waals surface area contributed by atoms with Crippen molar-refractivity contribution in [2.45, 2.75) is 0 Å². The van der Waals surface area contributed by atoms with Crippen molar-refractivity contribution in [3.05, 3.63) is 56.6 Å². The summed E-state index contributed by atoms with van der Waals surface area (Å²) in [6.45, 7) is -0.00588. The SMILES string of the molecule is O=C(O)c1cc(N/N=C/c2cc3c(cc2[N+](=O)[O-])OCO3)ccc1Cl. The van der Waals surface area contributed by atoms with Crippen LogP contribution in [0.5, 0.6) is 11.5 Å². The number of hydrazone groups is 1. The van der Waals surface area contributed by atoms with Gasteiger partial charge < -0.3 is 14.6 Å². The van der Waals surface area contributed by atoms with Crippen LogP contribution in [0.2, 0.25) is 5.02 Å². The maximum Gasteiger partial charge on any atom is 0.337 e. The minimum absolute atomic E-state index is 0.00588. The lowest BCUT2D eigenvalue weighted by molar-refractivity contribution is -0.385. The molecule has 25 heavy (non-hydrogen) atoms. The molecular weight excluding hydrogens is 354 g/mol. The minimum atomic E-state index is -1.18. The summed E-state index contributed by atoms with van der Waals surface area (Å²) < 4.78 is 10.3. The number of carbonyl (C=O) groups is 1. The monoisotopic (exact) mass is 363 g/mol. The van der Waals surface area contributed by atoms with Crippen LogP contribution >= 0.6 is 11.6 Å². The molecule has 0 radical (unpaired) electrons. The van der Waals surface area contributed by atoms with E-state index in [1.807, 2.05) is 0 Å². The van der Waals surface area contributed by atoms with Crippen LogP contribution in [-0.2, 0) is 0 Å². The Morgan fingerprint density at radius 3 is 2.72 bits per heavy atom. The van der Waals surface area contributed by atoms with Crippen molar-refractivity contribution in [1.29, 1.82) is 0 Å². The molecule has 9 nitrogen and oxygen atoms in total. The largest absolute Gasteiger partial charge is 0.478 e. The van der Waals surface area contributed by atoms with Gasteiger partial charge in [-0.3, -0.25) is 15.5 Å². The molecule has 10 heteroatoms. The number of carboxylic acid groups (broad SMARTS) is 1. The van der Waals surface area contributed by atoms with E-state index in [0.717, 1.165) is 0 Å². The Balaban J connectivity index is 1.84.